The Balaban J connectivity index is 2.38. The van der Waals surface area contributed by atoms with Crippen molar-refractivity contribution in [3.05, 3.63) is 29.3 Å². The Bertz CT molecular complexity index is 539. The van der Waals surface area contributed by atoms with E-state index in [1.165, 1.54) is 4.31 Å². The van der Waals surface area contributed by atoms with Crippen LogP contribution in [-0.2, 0) is 10.0 Å². The van der Waals surface area contributed by atoms with Gasteiger partial charge in [-0.15, -0.1) is 0 Å². The molecule has 1 fully saturated rings. The van der Waals surface area contributed by atoms with Crippen LogP contribution in [0.2, 0.25) is 0 Å². The number of nitrogens with zero attached hydrogens (tertiary/aromatic N) is 1. The Kier molecular flexibility index (Phi) is 3.75. The molecule has 0 amide bonds. The van der Waals surface area contributed by atoms with Gasteiger partial charge in [0.15, 0.2) is 0 Å². The van der Waals surface area contributed by atoms with Gasteiger partial charge < -0.3 is 5.11 Å². The van der Waals surface area contributed by atoms with Crippen LogP contribution in [0.25, 0.3) is 0 Å². The van der Waals surface area contributed by atoms with Crippen molar-refractivity contribution in [2.45, 2.75) is 37.7 Å². The van der Waals surface area contributed by atoms with Gasteiger partial charge in [-0.25, -0.2) is 8.42 Å². The van der Waals surface area contributed by atoms with E-state index < -0.39 is 16.1 Å². The molecular formula is C13H19NO3S. The number of aryl methyl sites for hydroxylation is 2. The summed E-state index contributed by atoms with van der Waals surface area (Å²) in [6.45, 7) is 4.37. The van der Waals surface area contributed by atoms with Crippen LogP contribution in [0.1, 0.15) is 24.0 Å². The van der Waals surface area contributed by atoms with Crippen LogP contribution in [0, 0.1) is 13.8 Å². The SMILES string of the molecule is Cc1ccc(C)c(S(=O)(=O)N2CCC[C@H](O)C2)c1. The van der Waals surface area contributed by atoms with Crippen molar-refractivity contribution in [3.8, 4) is 0 Å². The molecule has 1 saturated heterocycles. The fourth-order valence-corrected chi connectivity index (χ4v) is 4.09. The molecule has 1 N–H and O–H groups in total. The van der Waals surface area contributed by atoms with E-state index >= 15 is 0 Å². The second-order valence-corrected chi connectivity index (χ2v) is 6.83. The van der Waals surface area contributed by atoms with Crippen molar-refractivity contribution in [1.29, 1.82) is 0 Å². The number of rotatable bonds is 2. The molecule has 0 saturated carbocycles. The first-order valence-electron chi connectivity index (χ1n) is 6.17. The normalized spacial score (nSPS) is 22.1. The lowest BCUT2D eigenvalue weighted by atomic mass is 10.1. The van der Waals surface area contributed by atoms with Crippen LogP contribution in [0.4, 0.5) is 0 Å². The summed E-state index contributed by atoms with van der Waals surface area (Å²) in [6.07, 6.45) is 0.850. The second kappa shape index (κ2) is 4.99. The zero-order valence-corrected chi connectivity index (χ0v) is 11.6. The summed E-state index contributed by atoms with van der Waals surface area (Å²) in [7, 11) is -3.47. The molecule has 1 heterocycles. The molecular weight excluding hydrogens is 250 g/mol. The van der Waals surface area contributed by atoms with Crippen molar-refractivity contribution >= 4 is 10.0 Å². The number of piperidine rings is 1. The number of β-amino-alcohol motifs (C(OH)–C–C–N with tert-alkyl or cyclic N) is 1. The Morgan fingerprint density at radius 2 is 2.06 bits per heavy atom. The number of aliphatic hydroxyl groups excluding tert-OH is 1. The summed E-state index contributed by atoms with van der Waals surface area (Å²) in [5, 5.41) is 9.61. The van der Waals surface area contributed by atoms with Gasteiger partial charge in [0.25, 0.3) is 0 Å². The van der Waals surface area contributed by atoms with Crippen molar-refractivity contribution in [1.82, 2.24) is 4.31 Å². The molecule has 4 nitrogen and oxygen atoms in total. The van der Waals surface area contributed by atoms with Crippen LogP contribution in [0.3, 0.4) is 0 Å². The Hall–Kier alpha value is -0.910. The highest BCUT2D eigenvalue weighted by atomic mass is 32.2. The van der Waals surface area contributed by atoms with Crippen molar-refractivity contribution in [2.75, 3.05) is 13.1 Å². The zero-order chi connectivity index (χ0) is 13.3. The number of benzene rings is 1. The molecule has 0 spiro atoms. The van der Waals surface area contributed by atoms with E-state index in [0.29, 0.717) is 24.3 Å². The minimum absolute atomic E-state index is 0.204. The summed E-state index contributed by atoms with van der Waals surface area (Å²) in [5.41, 5.74) is 1.68. The summed E-state index contributed by atoms with van der Waals surface area (Å²) in [4.78, 5) is 0.358. The molecule has 1 aliphatic heterocycles. The van der Waals surface area contributed by atoms with Gasteiger partial charge in [0.2, 0.25) is 10.0 Å². The van der Waals surface area contributed by atoms with Crippen molar-refractivity contribution in [3.63, 3.8) is 0 Å². The third-order valence-electron chi connectivity index (χ3n) is 3.32. The van der Waals surface area contributed by atoms with Crippen LogP contribution in [-0.4, -0.2) is 37.0 Å². The van der Waals surface area contributed by atoms with Gasteiger partial charge in [-0.1, -0.05) is 12.1 Å². The van der Waals surface area contributed by atoms with Crippen LogP contribution in [0.15, 0.2) is 23.1 Å². The quantitative estimate of drug-likeness (QED) is 0.884. The maximum Gasteiger partial charge on any atom is 0.243 e. The number of hydrogen-bond acceptors (Lipinski definition) is 3. The Morgan fingerprint density at radius 1 is 1.33 bits per heavy atom. The van der Waals surface area contributed by atoms with Crippen LogP contribution in [0.5, 0.6) is 0 Å². The van der Waals surface area contributed by atoms with Crippen molar-refractivity contribution in [2.24, 2.45) is 0 Å². The van der Waals surface area contributed by atoms with E-state index in [-0.39, 0.29) is 6.54 Å². The van der Waals surface area contributed by atoms with Gasteiger partial charge in [0.1, 0.15) is 0 Å². The number of aliphatic hydroxyl groups is 1. The molecule has 0 aromatic heterocycles. The molecule has 0 unspecified atom stereocenters. The molecule has 100 valence electrons. The lowest BCUT2D eigenvalue weighted by molar-refractivity contribution is 0.108. The average Bonchev–Trinajstić information content (AvgIpc) is 2.32. The summed E-state index contributed by atoms with van der Waals surface area (Å²) >= 11 is 0. The monoisotopic (exact) mass is 269 g/mol. The lowest BCUT2D eigenvalue weighted by Gasteiger charge is -2.29. The smallest absolute Gasteiger partial charge is 0.243 e. The maximum atomic E-state index is 12.5. The topological polar surface area (TPSA) is 57.6 Å². The first-order valence-corrected chi connectivity index (χ1v) is 7.61. The summed E-state index contributed by atoms with van der Waals surface area (Å²) < 4.78 is 26.4. The first kappa shape index (κ1) is 13.5. The Labute approximate surface area is 108 Å². The molecule has 1 atom stereocenters. The van der Waals surface area contributed by atoms with Gasteiger partial charge in [-0.2, -0.15) is 4.31 Å². The number of sulfonamides is 1. The predicted molar refractivity (Wildman–Crippen MR) is 69.9 cm³/mol. The van der Waals surface area contributed by atoms with Gasteiger partial charge in [0.05, 0.1) is 11.0 Å². The molecule has 0 aliphatic carbocycles. The van der Waals surface area contributed by atoms with E-state index in [9.17, 15) is 13.5 Å². The maximum absolute atomic E-state index is 12.5. The molecule has 2 rings (SSSR count). The third kappa shape index (κ3) is 2.58. The molecule has 0 radical (unpaired) electrons. The molecule has 1 aromatic rings. The molecule has 18 heavy (non-hydrogen) atoms. The van der Waals surface area contributed by atoms with E-state index in [1.807, 2.05) is 19.1 Å². The third-order valence-corrected chi connectivity index (χ3v) is 5.33. The fourth-order valence-electron chi connectivity index (χ4n) is 2.26. The van der Waals surface area contributed by atoms with Crippen molar-refractivity contribution < 1.29 is 13.5 Å². The van der Waals surface area contributed by atoms with E-state index in [2.05, 4.69) is 0 Å². The van der Waals surface area contributed by atoms with E-state index in [1.54, 1.807) is 13.0 Å². The highest BCUT2D eigenvalue weighted by molar-refractivity contribution is 7.89. The van der Waals surface area contributed by atoms with Gasteiger partial charge >= 0.3 is 0 Å². The summed E-state index contributed by atoms with van der Waals surface area (Å²) in [6, 6.07) is 5.42. The second-order valence-electron chi connectivity index (χ2n) is 4.93. The average molecular weight is 269 g/mol. The molecule has 5 heteroatoms. The fraction of sp³-hybridized carbons (Fsp3) is 0.538. The predicted octanol–water partition coefficient (Wildman–Crippen LogP) is 1.45. The van der Waals surface area contributed by atoms with Crippen LogP contribution < -0.4 is 0 Å². The Morgan fingerprint density at radius 3 is 2.72 bits per heavy atom. The van der Waals surface area contributed by atoms with E-state index in [0.717, 1.165) is 11.1 Å². The molecule has 1 aromatic carbocycles. The largest absolute Gasteiger partial charge is 0.392 e. The number of hydrogen-bond donors (Lipinski definition) is 1. The van der Waals surface area contributed by atoms with Gasteiger partial charge in [0, 0.05) is 13.1 Å². The molecule has 0 bridgehead atoms. The van der Waals surface area contributed by atoms with E-state index in [4.69, 9.17) is 0 Å². The molecule has 1 aliphatic rings. The first-order chi connectivity index (χ1) is 8.41. The zero-order valence-electron chi connectivity index (χ0n) is 10.8. The highest BCUT2D eigenvalue weighted by Crippen LogP contribution is 2.24. The summed E-state index contributed by atoms with van der Waals surface area (Å²) in [5.74, 6) is 0. The van der Waals surface area contributed by atoms with Gasteiger partial charge in [-0.3, -0.25) is 0 Å². The van der Waals surface area contributed by atoms with Gasteiger partial charge in [-0.05, 0) is 43.9 Å². The standard InChI is InChI=1S/C13H19NO3S/c1-10-5-6-11(2)13(8-10)18(16,17)14-7-3-4-12(15)9-14/h5-6,8,12,15H,3-4,7,9H2,1-2H3/t12-/m0/s1. The minimum Gasteiger partial charge on any atom is -0.392 e. The minimum atomic E-state index is -3.47. The highest BCUT2D eigenvalue weighted by Gasteiger charge is 2.30. The lowest BCUT2D eigenvalue weighted by Crippen LogP contribution is -2.42. The van der Waals surface area contributed by atoms with Crippen LogP contribution >= 0.6 is 0 Å².